The molecule has 2 heterocycles. The van der Waals surface area contributed by atoms with Gasteiger partial charge in [-0.1, -0.05) is 47.5 Å². The number of carbonyl (C=O) groups is 1. The topological polar surface area (TPSA) is 62.1 Å². The Morgan fingerprint density at radius 1 is 1.20 bits per heavy atom. The van der Waals surface area contributed by atoms with Gasteiger partial charge in [0.05, 0.1) is 34.0 Å². The molecule has 5 nitrogen and oxygen atoms in total. The largest absolute Gasteiger partial charge is 0.494 e. The first kappa shape index (κ1) is 20.8. The first-order chi connectivity index (χ1) is 14.4. The number of rotatable bonds is 5. The number of ether oxygens (including phenoxy) is 1. The highest BCUT2D eigenvalue weighted by Gasteiger charge is 2.40. The highest BCUT2D eigenvalue weighted by atomic mass is 35.5. The Kier molecular flexibility index (Phi) is 5.82. The van der Waals surface area contributed by atoms with Gasteiger partial charge in [0, 0.05) is 22.2 Å². The number of halogens is 2. The average molecular weight is 461 g/mol. The Morgan fingerprint density at radius 2 is 1.90 bits per heavy atom. The van der Waals surface area contributed by atoms with Gasteiger partial charge in [-0.2, -0.15) is 0 Å². The van der Waals surface area contributed by atoms with Crippen LogP contribution in [0.4, 0.5) is 0 Å². The summed E-state index contributed by atoms with van der Waals surface area (Å²) in [5, 5.41) is 11.7. The molecule has 0 spiro atoms. The maximum atomic E-state index is 12.2. The number of aliphatic imine (C=N–C) groups is 1. The van der Waals surface area contributed by atoms with Crippen molar-refractivity contribution in [3.8, 4) is 5.75 Å². The van der Waals surface area contributed by atoms with E-state index in [-0.39, 0.29) is 5.57 Å². The number of nitrogens with zero attached hydrogens (tertiary/aromatic N) is 2. The van der Waals surface area contributed by atoms with Gasteiger partial charge in [-0.15, -0.1) is 0 Å². The molecule has 1 N–H and O–H groups in total. The van der Waals surface area contributed by atoms with Gasteiger partial charge in [0.25, 0.3) is 0 Å². The van der Waals surface area contributed by atoms with Crippen molar-refractivity contribution in [2.24, 2.45) is 4.99 Å². The van der Waals surface area contributed by atoms with E-state index in [9.17, 15) is 9.90 Å². The molecule has 154 valence electrons. The van der Waals surface area contributed by atoms with Crippen LogP contribution in [0.5, 0.6) is 5.75 Å². The van der Waals surface area contributed by atoms with Crippen LogP contribution >= 0.6 is 35.0 Å². The molecule has 1 atom stereocenters. The molecule has 2 aliphatic rings. The molecule has 0 amide bonds. The number of aliphatic carboxylic acids is 1. The molecular weight excluding hydrogens is 443 g/mol. The van der Waals surface area contributed by atoms with Gasteiger partial charge >= 0.3 is 5.97 Å². The summed E-state index contributed by atoms with van der Waals surface area (Å²) in [4.78, 5) is 19.4. The SMILES string of the molecule is CCOc1ccccc1C1C(C(=O)O)=C(C)N=C2SC(c3c(Cl)cccc3Cl)=CN21. The molecule has 0 saturated carbocycles. The fraction of sp³-hybridized carbons (Fsp3) is 0.182. The first-order valence-corrected chi connectivity index (χ1v) is 10.9. The lowest BCUT2D eigenvalue weighted by molar-refractivity contribution is -0.133. The molecule has 0 fully saturated rings. The minimum atomic E-state index is -1.02. The summed E-state index contributed by atoms with van der Waals surface area (Å²) in [5.41, 5.74) is 2.12. The van der Waals surface area contributed by atoms with Crippen molar-refractivity contribution in [2.75, 3.05) is 6.61 Å². The molecule has 0 radical (unpaired) electrons. The van der Waals surface area contributed by atoms with Crippen LogP contribution in [0.3, 0.4) is 0 Å². The number of thioether (sulfide) groups is 1. The second-order valence-electron chi connectivity index (χ2n) is 6.67. The van der Waals surface area contributed by atoms with Crippen LogP contribution in [0.2, 0.25) is 10.0 Å². The van der Waals surface area contributed by atoms with Crippen molar-refractivity contribution >= 4 is 51.0 Å². The maximum Gasteiger partial charge on any atom is 0.335 e. The standard InChI is InChI=1S/C22H18Cl2N2O3S/c1-3-29-16-10-5-4-7-13(16)20-18(21(27)28)12(2)25-22-26(20)11-17(30-22)19-14(23)8-6-9-15(19)24/h4-11,20H,3H2,1-2H3,(H,27,28). The van der Waals surface area contributed by atoms with Crippen molar-refractivity contribution in [3.63, 3.8) is 0 Å². The molecule has 0 aromatic heterocycles. The monoisotopic (exact) mass is 460 g/mol. The lowest BCUT2D eigenvalue weighted by Crippen LogP contribution is -2.33. The number of hydrogen-bond donors (Lipinski definition) is 1. The fourth-order valence-electron chi connectivity index (χ4n) is 3.58. The first-order valence-electron chi connectivity index (χ1n) is 9.29. The van der Waals surface area contributed by atoms with Crippen molar-refractivity contribution in [3.05, 3.63) is 81.1 Å². The third kappa shape index (κ3) is 3.60. The van der Waals surface area contributed by atoms with Crippen molar-refractivity contribution in [2.45, 2.75) is 19.9 Å². The van der Waals surface area contributed by atoms with Gasteiger partial charge in [-0.25, -0.2) is 9.79 Å². The molecule has 4 rings (SSSR count). The normalized spacial score (nSPS) is 18.1. The van der Waals surface area contributed by atoms with Crippen molar-refractivity contribution < 1.29 is 14.6 Å². The van der Waals surface area contributed by atoms with Crippen molar-refractivity contribution in [1.29, 1.82) is 0 Å². The maximum absolute atomic E-state index is 12.2. The number of amidine groups is 1. The van der Waals surface area contributed by atoms with Crippen LogP contribution in [-0.2, 0) is 4.79 Å². The number of carboxylic acid groups (broad SMARTS) is 1. The number of para-hydroxylation sites is 1. The third-order valence-electron chi connectivity index (χ3n) is 4.84. The quantitative estimate of drug-likeness (QED) is 0.574. The van der Waals surface area contributed by atoms with E-state index in [1.807, 2.05) is 42.3 Å². The van der Waals surface area contributed by atoms with Crippen LogP contribution in [-0.4, -0.2) is 27.8 Å². The summed E-state index contributed by atoms with van der Waals surface area (Å²) in [7, 11) is 0. The van der Waals surface area contributed by atoms with Gasteiger partial charge < -0.3 is 14.7 Å². The predicted molar refractivity (Wildman–Crippen MR) is 122 cm³/mol. The van der Waals surface area contributed by atoms with E-state index in [0.717, 1.165) is 10.5 Å². The van der Waals surface area contributed by atoms with Crippen molar-refractivity contribution in [1.82, 2.24) is 4.90 Å². The summed E-state index contributed by atoms with van der Waals surface area (Å²) < 4.78 is 5.80. The number of benzene rings is 2. The molecule has 0 bridgehead atoms. The van der Waals surface area contributed by atoms with E-state index < -0.39 is 12.0 Å². The van der Waals surface area contributed by atoms with E-state index in [1.165, 1.54) is 11.8 Å². The summed E-state index contributed by atoms with van der Waals surface area (Å²) >= 11 is 14.2. The van der Waals surface area contributed by atoms with Crippen LogP contribution in [0, 0.1) is 0 Å². The minimum absolute atomic E-state index is 0.203. The lowest BCUT2D eigenvalue weighted by atomic mass is 9.94. The average Bonchev–Trinajstić information content (AvgIpc) is 3.10. The highest BCUT2D eigenvalue weighted by Crippen LogP contribution is 2.49. The van der Waals surface area contributed by atoms with E-state index in [2.05, 4.69) is 4.99 Å². The zero-order valence-electron chi connectivity index (χ0n) is 16.2. The third-order valence-corrected chi connectivity index (χ3v) is 6.48. The molecule has 30 heavy (non-hydrogen) atoms. The molecule has 8 heteroatoms. The Bertz CT molecular complexity index is 1110. The van der Waals surface area contributed by atoms with Gasteiger partial charge in [-0.05, 0) is 43.8 Å². The summed E-state index contributed by atoms with van der Waals surface area (Å²) in [6.45, 7) is 4.08. The number of allylic oxidation sites excluding steroid dienone is 1. The lowest BCUT2D eigenvalue weighted by Gasteiger charge is -2.33. The van der Waals surface area contributed by atoms with E-state index in [1.54, 1.807) is 25.1 Å². The smallest absolute Gasteiger partial charge is 0.335 e. The summed E-state index contributed by atoms with van der Waals surface area (Å²) in [5.74, 6) is -0.380. The fourth-order valence-corrected chi connectivity index (χ4v) is 5.43. The van der Waals surface area contributed by atoms with Crippen LogP contribution in [0.25, 0.3) is 4.91 Å². The van der Waals surface area contributed by atoms with Gasteiger partial charge in [0.1, 0.15) is 5.75 Å². The van der Waals surface area contributed by atoms with Crippen LogP contribution in [0.15, 0.2) is 64.9 Å². The summed E-state index contributed by atoms with van der Waals surface area (Å²) in [6, 6.07) is 12.2. The number of fused-ring (bicyclic) bond motifs is 1. The molecule has 0 aliphatic carbocycles. The Hall–Kier alpha value is -2.41. The highest BCUT2D eigenvalue weighted by molar-refractivity contribution is 8.22. The molecule has 0 saturated heterocycles. The van der Waals surface area contributed by atoms with Gasteiger partial charge in [0.2, 0.25) is 0 Å². The summed E-state index contributed by atoms with van der Waals surface area (Å²) in [6.07, 6.45) is 1.86. The van der Waals surface area contributed by atoms with E-state index in [4.69, 9.17) is 27.9 Å². The van der Waals surface area contributed by atoms with E-state index in [0.29, 0.717) is 38.8 Å². The zero-order chi connectivity index (χ0) is 21.4. The molecule has 1 unspecified atom stereocenters. The number of hydrogen-bond acceptors (Lipinski definition) is 5. The number of carboxylic acids is 1. The second-order valence-corrected chi connectivity index (χ2v) is 8.49. The second kappa shape index (κ2) is 8.38. The van der Waals surface area contributed by atoms with Crippen LogP contribution < -0.4 is 4.74 Å². The Morgan fingerprint density at radius 3 is 2.57 bits per heavy atom. The van der Waals surface area contributed by atoms with Crippen LogP contribution in [0.1, 0.15) is 31.0 Å². The zero-order valence-corrected chi connectivity index (χ0v) is 18.6. The van der Waals surface area contributed by atoms with Gasteiger partial charge in [0.15, 0.2) is 5.17 Å². The minimum Gasteiger partial charge on any atom is -0.494 e. The predicted octanol–water partition coefficient (Wildman–Crippen LogP) is 6.21. The molecule has 2 aliphatic heterocycles. The van der Waals surface area contributed by atoms with Gasteiger partial charge in [-0.3, -0.25) is 0 Å². The Labute approximate surface area is 188 Å². The van der Waals surface area contributed by atoms with E-state index >= 15 is 0 Å². The molecule has 2 aromatic rings. The molecule has 2 aromatic carbocycles. The molecular formula is C22H18Cl2N2O3S. The Balaban J connectivity index is 1.88.